The Labute approximate surface area is 138 Å². The highest BCUT2D eigenvalue weighted by Gasteiger charge is 2.37. The maximum atomic E-state index is 12.3. The van der Waals surface area contributed by atoms with Gasteiger partial charge in [-0.1, -0.05) is 20.8 Å². The van der Waals surface area contributed by atoms with Crippen LogP contribution >= 0.6 is 0 Å². The summed E-state index contributed by atoms with van der Waals surface area (Å²) >= 11 is 0. The van der Waals surface area contributed by atoms with Crippen LogP contribution in [-0.2, 0) is 23.9 Å². The summed E-state index contributed by atoms with van der Waals surface area (Å²) in [5.41, 5.74) is -0.698. The molecule has 1 aliphatic rings. The summed E-state index contributed by atoms with van der Waals surface area (Å²) in [6, 6.07) is -0.478. The lowest BCUT2D eigenvalue weighted by Gasteiger charge is -2.25. The van der Waals surface area contributed by atoms with Crippen molar-refractivity contribution in [1.29, 1.82) is 0 Å². The number of rotatable bonds is 5. The summed E-state index contributed by atoms with van der Waals surface area (Å²) in [7, 11) is 0. The van der Waals surface area contributed by atoms with Crippen molar-refractivity contribution in [2.45, 2.75) is 72.1 Å². The highest BCUT2D eigenvalue weighted by Crippen LogP contribution is 2.25. The van der Waals surface area contributed by atoms with Crippen molar-refractivity contribution in [3.8, 4) is 0 Å². The highest BCUT2D eigenvalue weighted by molar-refractivity contribution is 5.81. The van der Waals surface area contributed by atoms with Gasteiger partial charge in [0.15, 0.2) is 0 Å². The van der Waals surface area contributed by atoms with E-state index in [-0.39, 0.29) is 24.0 Å². The second-order valence-corrected chi connectivity index (χ2v) is 8.24. The predicted molar refractivity (Wildman–Crippen MR) is 85.8 cm³/mol. The lowest BCUT2D eigenvalue weighted by Crippen LogP contribution is -2.38. The molecule has 23 heavy (non-hydrogen) atoms. The third-order valence-electron chi connectivity index (χ3n) is 3.32. The fourth-order valence-corrected chi connectivity index (χ4v) is 2.47. The van der Waals surface area contributed by atoms with Gasteiger partial charge in [0, 0.05) is 19.4 Å². The van der Waals surface area contributed by atoms with Gasteiger partial charge in [0.1, 0.15) is 18.5 Å². The summed E-state index contributed by atoms with van der Waals surface area (Å²) < 4.78 is 10.7. The normalized spacial score (nSPS) is 22.1. The first kappa shape index (κ1) is 19.6. The van der Waals surface area contributed by atoms with Crippen molar-refractivity contribution in [3.63, 3.8) is 0 Å². The molecule has 0 aromatic heterocycles. The predicted octanol–water partition coefficient (Wildman–Crippen LogP) is 1.95. The van der Waals surface area contributed by atoms with Gasteiger partial charge in [-0.05, 0) is 26.2 Å². The van der Waals surface area contributed by atoms with Gasteiger partial charge >= 0.3 is 5.97 Å². The van der Waals surface area contributed by atoms with Gasteiger partial charge in [0.05, 0.1) is 12.1 Å². The third kappa shape index (κ3) is 7.12. The van der Waals surface area contributed by atoms with Crippen molar-refractivity contribution >= 4 is 18.2 Å². The highest BCUT2D eigenvalue weighted by atomic mass is 16.6. The van der Waals surface area contributed by atoms with E-state index in [1.54, 1.807) is 25.7 Å². The summed E-state index contributed by atoms with van der Waals surface area (Å²) in [4.78, 5) is 36.8. The molecule has 0 aromatic carbocycles. The molecule has 1 saturated heterocycles. The maximum Gasteiger partial charge on any atom is 0.332 e. The molecule has 0 N–H and O–H groups in total. The Morgan fingerprint density at radius 1 is 1.17 bits per heavy atom. The number of amides is 1. The number of esters is 1. The molecular weight excluding hydrogens is 298 g/mol. The Morgan fingerprint density at radius 2 is 1.78 bits per heavy atom. The molecule has 0 bridgehead atoms. The molecule has 2 atom stereocenters. The second kappa shape index (κ2) is 7.43. The van der Waals surface area contributed by atoms with Crippen LogP contribution in [0.3, 0.4) is 0 Å². The molecule has 132 valence electrons. The van der Waals surface area contributed by atoms with E-state index in [0.29, 0.717) is 19.4 Å². The average molecular weight is 327 g/mol. The SMILES string of the molecule is CC(C)(C)CC(=O)N1C[C@H](OCC(=O)OC(C)(C)C)C[C@H]1C=O. The Bertz CT molecular complexity index is 447. The molecule has 0 radical (unpaired) electrons. The average Bonchev–Trinajstić information content (AvgIpc) is 2.75. The second-order valence-electron chi connectivity index (χ2n) is 8.24. The van der Waals surface area contributed by atoms with Gasteiger partial charge in [-0.2, -0.15) is 0 Å². The molecule has 1 fully saturated rings. The van der Waals surface area contributed by atoms with Crippen LogP contribution < -0.4 is 0 Å². The minimum absolute atomic E-state index is 0.0574. The van der Waals surface area contributed by atoms with Crippen LogP contribution in [0.5, 0.6) is 0 Å². The summed E-state index contributed by atoms with van der Waals surface area (Å²) in [6.45, 7) is 11.5. The molecule has 0 aliphatic carbocycles. The monoisotopic (exact) mass is 327 g/mol. The van der Waals surface area contributed by atoms with Crippen LogP contribution in [0.15, 0.2) is 0 Å². The van der Waals surface area contributed by atoms with E-state index < -0.39 is 17.6 Å². The van der Waals surface area contributed by atoms with Gasteiger partial charge < -0.3 is 19.2 Å². The van der Waals surface area contributed by atoms with Crippen LogP contribution in [0, 0.1) is 5.41 Å². The van der Waals surface area contributed by atoms with Crippen LogP contribution in [0.1, 0.15) is 54.4 Å². The number of hydrogen-bond donors (Lipinski definition) is 0. The summed E-state index contributed by atoms with van der Waals surface area (Å²) in [5, 5.41) is 0. The van der Waals surface area contributed by atoms with E-state index in [2.05, 4.69) is 0 Å². The Morgan fingerprint density at radius 3 is 2.26 bits per heavy atom. The van der Waals surface area contributed by atoms with Crippen molar-refractivity contribution < 1.29 is 23.9 Å². The molecule has 6 nitrogen and oxygen atoms in total. The zero-order valence-corrected chi connectivity index (χ0v) is 15.0. The fraction of sp³-hybridized carbons (Fsp3) is 0.824. The molecular formula is C17H29NO5. The van der Waals surface area contributed by atoms with E-state index in [4.69, 9.17) is 9.47 Å². The molecule has 0 aromatic rings. The maximum absolute atomic E-state index is 12.3. The van der Waals surface area contributed by atoms with Gasteiger partial charge in [-0.3, -0.25) is 4.79 Å². The van der Waals surface area contributed by atoms with Gasteiger partial charge in [0.25, 0.3) is 0 Å². The molecule has 1 aliphatic heterocycles. The van der Waals surface area contributed by atoms with E-state index in [1.807, 2.05) is 20.8 Å². The van der Waals surface area contributed by atoms with E-state index in [0.717, 1.165) is 6.29 Å². The van der Waals surface area contributed by atoms with Crippen molar-refractivity contribution in [3.05, 3.63) is 0 Å². The van der Waals surface area contributed by atoms with E-state index in [9.17, 15) is 14.4 Å². The van der Waals surface area contributed by atoms with Crippen LogP contribution in [0.4, 0.5) is 0 Å². The standard InChI is InChI=1S/C17H29NO5/c1-16(2,3)8-14(20)18-9-13(7-12(18)10-19)22-11-15(21)23-17(4,5)6/h10,12-13H,7-9,11H2,1-6H3/t12-,13+/m0/s1. The number of aldehydes is 1. The smallest absolute Gasteiger partial charge is 0.332 e. The Balaban J connectivity index is 2.54. The first-order chi connectivity index (χ1) is 10.4. The zero-order valence-electron chi connectivity index (χ0n) is 15.0. The van der Waals surface area contributed by atoms with Crippen molar-refractivity contribution in [2.75, 3.05) is 13.2 Å². The van der Waals surface area contributed by atoms with Crippen molar-refractivity contribution in [1.82, 2.24) is 4.90 Å². The number of nitrogens with zero attached hydrogens (tertiary/aromatic N) is 1. The molecule has 6 heteroatoms. The Kier molecular flexibility index (Phi) is 6.33. The van der Waals surface area contributed by atoms with Gasteiger partial charge in [-0.25, -0.2) is 4.79 Å². The topological polar surface area (TPSA) is 72.9 Å². The minimum atomic E-state index is -0.559. The lowest BCUT2D eigenvalue weighted by molar-refractivity contribution is -0.162. The summed E-state index contributed by atoms with van der Waals surface area (Å²) in [5.74, 6) is -0.502. The molecule has 0 saturated carbocycles. The largest absolute Gasteiger partial charge is 0.458 e. The van der Waals surface area contributed by atoms with Gasteiger partial charge in [0.2, 0.25) is 5.91 Å². The fourth-order valence-electron chi connectivity index (χ4n) is 2.47. The molecule has 1 rings (SSSR count). The minimum Gasteiger partial charge on any atom is -0.458 e. The van der Waals surface area contributed by atoms with E-state index in [1.165, 1.54) is 0 Å². The van der Waals surface area contributed by atoms with Crippen LogP contribution in [-0.4, -0.2) is 54.0 Å². The Hall–Kier alpha value is -1.43. The first-order valence-corrected chi connectivity index (χ1v) is 7.99. The molecule has 1 amide bonds. The molecule has 0 unspecified atom stereocenters. The zero-order chi connectivity index (χ0) is 17.8. The van der Waals surface area contributed by atoms with Crippen molar-refractivity contribution in [2.24, 2.45) is 5.41 Å². The third-order valence-corrected chi connectivity index (χ3v) is 3.32. The van der Waals surface area contributed by atoms with E-state index >= 15 is 0 Å². The molecule has 1 heterocycles. The number of carbonyl (C=O) groups excluding carboxylic acids is 3. The number of hydrogen-bond acceptors (Lipinski definition) is 5. The quantitative estimate of drug-likeness (QED) is 0.570. The number of carbonyl (C=O) groups is 3. The molecule has 0 spiro atoms. The lowest BCUT2D eigenvalue weighted by atomic mass is 9.91. The van der Waals surface area contributed by atoms with Crippen LogP contribution in [0.25, 0.3) is 0 Å². The number of ether oxygens (including phenoxy) is 2. The number of likely N-dealkylation sites (tertiary alicyclic amines) is 1. The first-order valence-electron chi connectivity index (χ1n) is 7.99. The van der Waals surface area contributed by atoms with Crippen LogP contribution in [0.2, 0.25) is 0 Å². The summed E-state index contributed by atoms with van der Waals surface area (Å²) in [6.07, 6.45) is 1.25. The van der Waals surface area contributed by atoms with Gasteiger partial charge in [-0.15, -0.1) is 0 Å².